The third-order valence-corrected chi connectivity index (χ3v) is 1.85. The molecule has 2 N–H and O–H groups in total. The lowest BCUT2D eigenvalue weighted by atomic mass is 9.98. The molecule has 0 aromatic rings. The van der Waals surface area contributed by atoms with Crippen LogP contribution in [0.5, 0.6) is 0 Å². The van der Waals surface area contributed by atoms with Gasteiger partial charge in [0, 0.05) is 12.1 Å². The van der Waals surface area contributed by atoms with Crippen molar-refractivity contribution in [2.75, 3.05) is 6.54 Å². The van der Waals surface area contributed by atoms with Gasteiger partial charge < -0.3 is 10.1 Å². The normalized spacial score (nSPS) is 12.9. The summed E-state index contributed by atoms with van der Waals surface area (Å²) in [6.45, 7) is 11.9. The zero-order valence-electron chi connectivity index (χ0n) is 11.8. The minimum Gasteiger partial charge on any atom is -0.443 e. The summed E-state index contributed by atoms with van der Waals surface area (Å²) in [4.78, 5) is 11.3. The predicted molar refractivity (Wildman–Crippen MR) is 77.3 cm³/mol. The fourth-order valence-electron chi connectivity index (χ4n) is 1.13. The molecule has 100 valence electrons. The Balaban J connectivity index is 4.43. The Morgan fingerprint density at radius 3 is 2.56 bits per heavy atom. The Kier molecular flexibility index (Phi) is 6.86. The van der Waals surface area contributed by atoms with Crippen molar-refractivity contribution in [3.05, 3.63) is 23.8 Å². The average Bonchev–Trinajstić information content (AvgIpc) is 2.22. The first kappa shape index (κ1) is 16.3. The van der Waals surface area contributed by atoms with Crippen LogP contribution in [-0.4, -0.2) is 32.3 Å². The van der Waals surface area contributed by atoms with E-state index < -0.39 is 11.7 Å². The van der Waals surface area contributed by atoms with Gasteiger partial charge in [-0.2, -0.15) is 5.10 Å². The number of ether oxygens (including phenoxy) is 1. The number of rotatable bonds is 5. The number of allylic oxidation sites excluding steroid dienone is 2. The van der Waals surface area contributed by atoms with E-state index in [1.165, 1.54) is 6.21 Å². The summed E-state index contributed by atoms with van der Waals surface area (Å²) in [6, 6.07) is 0. The first-order valence-corrected chi connectivity index (χ1v) is 5.89. The smallest absolute Gasteiger partial charge is 0.428 e. The molecular weight excluding hydrogens is 229 g/mol. The molecule has 0 rings (SSSR count). The highest BCUT2D eigenvalue weighted by Gasteiger charge is 2.15. The summed E-state index contributed by atoms with van der Waals surface area (Å²) in [5, 5.41) is 6.96. The second-order valence-corrected chi connectivity index (χ2v) is 4.69. The number of amides is 1. The number of carbonyl (C=O) groups is 1. The van der Waals surface area contributed by atoms with Crippen molar-refractivity contribution in [3.8, 4) is 0 Å². The fraction of sp³-hybridized carbons (Fsp3) is 0.500. The van der Waals surface area contributed by atoms with Crippen LogP contribution in [-0.2, 0) is 4.74 Å². The first-order valence-electron chi connectivity index (χ1n) is 5.89. The molecule has 18 heavy (non-hydrogen) atoms. The van der Waals surface area contributed by atoms with Gasteiger partial charge in [0.15, 0.2) is 7.85 Å². The van der Waals surface area contributed by atoms with E-state index in [9.17, 15) is 4.79 Å². The zero-order chi connectivity index (χ0) is 14.2. The Labute approximate surface area is 110 Å². The minimum absolute atomic E-state index is 0.531. The molecule has 0 aromatic carbocycles. The predicted octanol–water partition coefficient (Wildman–Crippen LogP) is 1.14. The van der Waals surface area contributed by atoms with Crippen LogP contribution in [0.1, 0.15) is 27.7 Å². The molecule has 0 spiro atoms. The molecule has 0 aliphatic rings. The summed E-state index contributed by atoms with van der Waals surface area (Å²) < 4.78 is 5.04. The molecule has 0 atom stereocenters. The van der Waals surface area contributed by atoms with Crippen LogP contribution in [0.25, 0.3) is 0 Å². The molecule has 0 aliphatic heterocycles. The summed E-state index contributed by atoms with van der Waals surface area (Å²) in [6.07, 6.45) is 2.61. The van der Waals surface area contributed by atoms with E-state index >= 15 is 0 Å². The molecule has 0 radical (unpaired) electrons. The molecule has 0 heterocycles. The Morgan fingerprint density at radius 1 is 1.50 bits per heavy atom. The van der Waals surface area contributed by atoms with E-state index in [1.807, 2.05) is 14.8 Å². The van der Waals surface area contributed by atoms with Crippen LogP contribution in [0.15, 0.2) is 28.9 Å². The monoisotopic (exact) mass is 251 g/mol. The Bertz CT molecular complexity index is 357. The van der Waals surface area contributed by atoms with Gasteiger partial charge in [-0.15, -0.1) is 0 Å². The number of hydrazone groups is 1. The van der Waals surface area contributed by atoms with E-state index in [1.54, 1.807) is 26.8 Å². The molecule has 0 saturated carbocycles. The van der Waals surface area contributed by atoms with Gasteiger partial charge in [0.05, 0.1) is 6.21 Å². The third-order valence-electron chi connectivity index (χ3n) is 1.85. The molecule has 5 nitrogen and oxygen atoms in total. The zero-order valence-corrected chi connectivity index (χ0v) is 11.8. The van der Waals surface area contributed by atoms with Gasteiger partial charge in [0.25, 0.3) is 0 Å². The van der Waals surface area contributed by atoms with Crippen LogP contribution in [0, 0.1) is 0 Å². The molecule has 0 fully saturated rings. The quantitative estimate of drug-likeness (QED) is 0.333. The maximum Gasteiger partial charge on any atom is 0.428 e. The fourth-order valence-corrected chi connectivity index (χ4v) is 1.13. The standard InChI is InChI=1S/C12H22BN3O2/c1-6-9(10(13)14-7-2)8-15-16-11(17)18-12(3,4)5/h6,8,14H,1,7,13H2,2-5H3,(H,16,17)/b10-9+,15-8+. The van der Waals surface area contributed by atoms with Gasteiger partial charge in [-0.1, -0.05) is 12.7 Å². The number of carbonyl (C=O) groups excluding carboxylic acids is 1. The van der Waals surface area contributed by atoms with Crippen LogP contribution in [0.3, 0.4) is 0 Å². The lowest BCUT2D eigenvalue weighted by Gasteiger charge is -2.18. The van der Waals surface area contributed by atoms with Gasteiger partial charge in [-0.3, -0.25) is 0 Å². The topological polar surface area (TPSA) is 62.7 Å². The van der Waals surface area contributed by atoms with E-state index in [2.05, 4.69) is 22.4 Å². The summed E-state index contributed by atoms with van der Waals surface area (Å²) in [5.74, 6) is 0. The molecular formula is C12H22BN3O2. The van der Waals surface area contributed by atoms with Crippen molar-refractivity contribution in [1.29, 1.82) is 0 Å². The number of nitrogens with zero attached hydrogens (tertiary/aromatic N) is 1. The third kappa shape index (κ3) is 7.54. The van der Waals surface area contributed by atoms with Crippen LogP contribution < -0.4 is 10.7 Å². The van der Waals surface area contributed by atoms with E-state index in [4.69, 9.17) is 4.74 Å². The lowest BCUT2D eigenvalue weighted by Crippen LogP contribution is -2.29. The van der Waals surface area contributed by atoms with Crippen molar-refractivity contribution >= 4 is 20.2 Å². The van der Waals surface area contributed by atoms with Gasteiger partial charge in [-0.05, 0) is 33.3 Å². The second kappa shape index (κ2) is 7.58. The van der Waals surface area contributed by atoms with Gasteiger partial charge in [0.2, 0.25) is 0 Å². The highest BCUT2D eigenvalue weighted by Crippen LogP contribution is 2.06. The maximum absolute atomic E-state index is 11.3. The van der Waals surface area contributed by atoms with E-state index in [0.717, 1.165) is 17.7 Å². The van der Waals surface area contributed by atoms with Gasteiger partial charge in [-0.25, -0.2) is 10.2 Å². The molecule has 0 unspecified atom stereocenters. The van der Waals surface area contributed by atoms with Gasteiger partial charge >= 0.3 is 6.09 Å². The second-order valence-electron chi connectivity index (χ2n) is 4.69. The lowest BCUT2D eigenvalue weighted by molar-refractivity contribution is 0.0529. The van der Waals surface area contributed by atoms with Crippen LogP contribution >= 0.6 is 0 Å². The van der Waals surface area contributed by atoms with Crippen molar-refractivity contribution in [2.24, 2.45) is 5.10 Å². The summed E-state index contributed by atoms with van der Waals surface area (Å²) >= 11 is 0. The number of hydrogen-bond donors (Lipinski definition) is 2. The van der Waals surface area contributed by atoms with Crippen molar-refractivity contribution in [1.82, 2.24) is 10.7 Å². The van der Waals surface area contributed by atoms with Gasteiger partial charge in [0.1, 0.15) is 5.60 Å². The number of hydrogen-bond acceptors (Lipinski definition) is 4. The Hall–Kier alpha value is -1.72. The minimum atomic E-state index is -0.580. The maximum atomic E-state index is 11.3. The van der Waals surface area contributed by atoms with Crippen molar-refractivity contribution in [3.63, 3.8) is 0 Å². The molecule has 1 amide bonds. The highest BCUT2D eigenvalue weighted by atomic mass is 16.6. The SMILES string of the molecule is B/C(NCC)=C(C=C)\C=N\NC(=O)OC(C)(C)C. The Morgan fingerprint density at radius 2 is 2.11 bits per heavy atom. The van der Waals surface area contributed by atoms with Crippen LogP contribution in [0.2, 0.25) is 0 Å². The number of nitrogens with one attached hydrogen (secondary N) is 2. The summed E-state index contributed by atoms with van der Waals surface area (Å²) in [7, 11) is 1.92. The van der Waals surface area contributed by atoms with E-state index in [0.29, 0.717) is 0 Å². The molecule has 0 bridgehead atoms. The van der Waals surface area contributed by atoms with Crippen LogP contribution in [0.4, 0.5) is 4.79 Å². The molecule has 0 saturated heterocycles. The molecule has 0 aromatic heterocycles. The van der Waals surface area contributed by atoms with E-state index in [-0.39, 0.29) is 0 Å². The van der Waals surface area contributed by atoms with Crippen molar-refractivity contribution < 1.29 is 9.53 Å². The average molecular weight is 251 g/mol. The largest absolute Gasteiger partial charge is 0.443 e. The first-order chi connectivity index (χ1) is 8.30. The summed E-state index contributed by atoms with van der Waals surface area (Å²) in [5.41, 5.74) is 3.53. The van der Waals surface area contributed by atoms with Crippen molar-refractivity contribution in [2.45, 2.75) is 33.3 Å². The molecule has 6 heteroatoms. The highest BCUT2D eigenvalue weighted by molar-refractivity contribution is 6.23. The molecule has 0 aliphatic carbocycles.